The summed E-state index contributed by atoms with van der Waals surface area (Å²) < 4.78 is 13.7. The summed E-state index contributed by atoms with van der Waals surface area (Å²) in [4.78, 5) is 4.09. The number of aromatic nitrogens is 2. The normalized spacial score (nSPS) is 19.2. The Hall–Kier alpha value is -1.94. The van der Waals surface area contributed by atoms with Crippen LogP contribution in [0.1, 0.15) is 20.3 Å². The molecule has 0 bridgehead atoms. The van der Waals surface area contributed by atoms with Crippen LogP contribution in [0.15, 0.2) is 48.7 Å². The molecule has 21 heavy (non-hydrogen) atoms. The van der Waals surface area contributed by atoms with Crippen molar-refractivity contribution in [2.75, 3.05) is 6.61 Å². The van der Waals surface area contributed by atoms with E-state index in [2.05, 4.69) is 18.8 Å². The van der Waals surface area contributed by atoms with E-state index < -0.39 is 0 Å². The van der Waals surface area contributed by atoms with Crippen molar-refractivity contribution in [2.24, 2.45) is 5.41 Å². The van der Waals surface area contributed by atoms with E-state index in [-0.39, 0.29) is 5.41 Å². The van der Waals surface area contributed by atoms with E-state index in [1.54, 1.807) is 24.7 Å². The Labute approximate surface area is 129 Å². The number of halogens is 1. The summed E-state index contributed by atoms with van der Waals surface area (Å²) in [7, 11) is 0. The van der Waals surface area contributed by atoms with Crippen molar-refractivity contribution in [1.29, 1.82) is 0 Å². The maximum atomic E-state index is 6.05. The molecule has 0 N–H and O–H groups in total. The standard InChI is InChI=1S/C16H17ClN2O2/c1-16(2)7-10-20-14(16)15(19-9-8-18-11-19)21-13-5-3-12(17)4-6-13/h3-6,8-9,11H,7,10H2,1-2H3/b15-14+. The number of nitrogens with zero attached hydrogens (tertiary/aromatic N) is 2. The third kappa shape index (κ3) is 2.90. The molecule has 0 spiro atoms. The highest BCUT2D eigenvalue weighted by molar-refractivity contribution is 6.30. The van der Waals surface area contributed by atoms with Crippen molar-refractivity contribution >= 4 is 17.5 Å². The van der Waals surface area contributed by atoms with E-state index in [0.717, 1.165) is 12.2 Å². The first-order valence-electron chi connectivity index (χ1n) is 6.85. The molecule has 0 unspecified atom stereocenters. The zero-order chi connectivity index (χ0) is 14.9. The zero-order valence-electron chi connectivity index (χ0n) is 12.0. The van der Waals surface area contributed by atoms with Gasteiger partial charge in [0.05, 0.1) is 6.61 Å². The Morgan fingerprint density at radius 3 is 2.67 bits per heavy atom. The van der Waals surface area contributed by atoms with Crippen LogP contribution < -0.4 is 4.74 Å². The van der Waals surface area contributed by atoms with Gasteiger partial charge in [-0.3, -0.25) is 4.57 Å². The molecule has 1 saturated heterocycles. The average Bonchev–Trinajstić information content (AvgIpc) is 3.08. The lowest BCUT2D eigenvalue weighted by Gasteiger charge is -2.21. The molecule has 0 saturated carbocycles. The van der Waals surface area contributed by atoms with Crippen LogP contribution in [-0.4, -0.2) is 16.2 Å². The van der Waals surface area contributed by atoms with Gasteiger partial charge in [0.2, 0.25) is 5.88 Å². The summed E-state index contributed by atoms with van der Waals surface area (Å²) in [5.74, 6) is 2.20. The van der Waals surface area contributed by atoms with E-state index in [1.165, 1.54) is 0 Å². The van der Waals surface area contributed by atoms with Crippen molar-refractivity contribution < 1.29 is 9.47 Å². The fraction of sp³-hybridized carbons (Fsp3) is 0.312. The lowest BCUT2D eigenvalue weighted by atomic mass is 9.89. The predicted molar refractivity (Wildman–Crippen MR) is 81.9 cm³/mol. The Bertz CT molecular complexity index is 645. The number of hydrogen-bond donors (Lipinski definition) is 0. The summed E-state index contributed by atoms with van der Waals surface area (Å²) in [6.07, 6.45) is 6.23. The fourth-order valence-corrected chi connectivity index (χ4v) is 2.40. The smallest absolute Gasteiger partial charge is 0.244 e. The highest BCUT2D eigenvalue weighted by Crippen LogP contribution is 2.40. The molecular weight excluding hydrogens is 288 g/mol. The van der Waals surface area contributed by atoms with E-state index in [4.69, 9.17) is 21.1 Å². The summed E-state index contributed by atoms with van der Waals surface area (Å²) in [5, 5.41) is 0.677. The molecule has 0 aliphatic carbocycles. The van der Waals surface area contributed by atoms with Crippen molar-refractivity contribution in [3.63, 3.8) is 0 Å². The van der Waals surface area contributed by atoms with Crippen molar-refractivity contribution in [2.45, 2.75) is 20.3 Å². The maximum absolute atomic E-state index is 6.05. The first-order chi connectivity index (χ1) is 10.1. The zero-order valence-corrected chi connectivity index (χ0v) is 12.8. The second kappa shape index (κ2) is 5.45. The fourth-order valence-electron chi connectivity index (χ4n) is 2.28. The quantitative estimate of drug-likeness (QED) is 0.798. The Kier molecular flexibility index (Phi) is 3.64. The molecule has 0 amide bonds. The molecule has 0 atom stereocenters. The van der Waals surface area contributed by atoms with Gasteiger partial charge in [0, 0.05) is 22.8 Å². The van der Waals surface area contributed by atoms with E-state index in [1.807, 2.05) is 22.9 Å². The average molecular weight is 305 g/mol. The molecular formula is C16H17ClN2O2. The molecule has 2 aromatic rings. The number of hydrogen-bond acceptors (Lipinski definition) is 3. The first kappa shape index (κ1) is 14.0. The van der Waals surface area contributed by atoms with Crippen LogP contribution in [0.25, 0.3) is 5.88 Å². The second-order valence-electron chi connectivity index (χ2n) is 5.64. The van der Waals surface area contributed by atoms with Gasteiger partial charge in [-0.25, -0.2) is 4.98 Å². The second-order valence-corrected chi connectivity index (χ2v) is 6.08. The molecule has 1 aromatic heterocycles. The van der Waals surface area contributed by atoms with Crippen LogP contribution in [0.4, 0.5) is 0 Å². The van der Waals surface area contributed by atoms with E-state index >= 15 is 0 Å². The molecule has 1 fully saturated rings. The van der Waals surface area contributed by atoms with Gasteiger partial charge in [0.25, 0.3) is 0 Å². The molecule has 3 rings (SSSR count). The van der Waals surface area contributed by atoms with Crippen LogP contribution >= 0.6 is 11.6 Å². The van der Waals surface area contributed by atoms with Gasteiger partial charge < -0.3 is 9.47 Å². The van der Waals surface area contributed by atoms with Gasteiger partial charge in [-0.05, 0) is 30.7 Å². The predicted octanol–water partition coefficient (Wildman–Crippen LogP) is 4.19. The minimum absolute atomic E-state index is 0.0635. The van der Waals surface area contributed by atoms with Gasteiger partial charge in [-0.15, -0.1) is 0 Å². The number of allylic oxidation sites excluding steroid dienone is 1. The first-order valence-corrected chi connectivity index (χ1v) is 7.23. The van der Waals surface area contributed by atoms with Crippen molar-refractivity contribution in [1.82, 2.24) is 9.55 Å². The minimum atomic E-state index is -0.0635. The lowest BCUT2D eigenvalue weighted by Crippen LogP contribution is -2.15. The van der Waals surface area contributed by atoms with Gasteiger partial charge in [0.1, 0.15) is 12.1 Å². The molecule has 0 radical (unpaired) electrons. The van der Waals surface area contributed by atoms with Crippen LogP contribution in [-0.2, 0) is 4.74 Å². The molecule has 1 aromatic carbocycles. The van der Waals surface area contributed by atoms with Crippen LogP contribution in [0.5, 0.6) is 5.75 Å². The topological polar surface area (TPSA) is 36.3 Å². The van der Waals surface area contributed by atoms with E-state index in [9.17, 15) is 0 Å². The SMILES string of the molecule is CC1(C)CCO/C1=C(/Oc1ccc(Cl)cc1)n1ccnc1. The number of ether oxygens (including phenoxy) is 2. The summed E-state index contributed by atoms with van der Waals surface area (Å²) in [6, 6.07) is 7.27. The van der Waals surface area contributed by atoms with Crippen LogP contribution in [0, 0.1) is 5.41 Å². The van der Waals surface area contributed by atoms with Crippen LogP contribution in [0.2, 0.25) is 5.02 Å². The number of benzene rings is 1. The maximum Gasteiger partial charge on any atom is 0.244 e. The molecule has 2 heterocycles. The molecule has 5 heteroatoms. The molecule has 1 aliphatic rings. The highest BCUT2D eigenvalue weighted by Gasteiger charge is 2.35. The van der Waals surface area contributed by atoms with Gasteiger partial charge in [-0.2, -0.15) is 0 Å². The van der Waals surface area contributed by atoms with Crippen LogP contribution in [0.3, 0.4) is 0 Å². The summed E-state index contributed by atoms with van der Waals surface area (Å²) in [5.41, 5.74) is -0.0635. The summed E-state index contributed by atoms with van der Waals surface area (Å²) in [6.45, 7) is 5.00. The number of imidazole rings is 1. The van der Waals surface area contributed by atoms with Gasteiger partial charge >= 0.3 is 0 Å². The van der Waals surface area contributed by atoms with Gasteiger partial charge in [-0.1, -0.05) is 25.4 Å². The third-order valence-electron chi connectivity index (χ3n) is 3.55. The highest BCUT2D eigenvalue weighted by atomic mass is 35.5. The Morgan fingerprint density at radius 1 is 1.33 bits per heavy atom. The third-order valence-corrected chi connectivity index (χ3v) is 3.80. The van der Waals surface area contributed by atoms with Crippen molar-refractivity contribution in [3.8, 4) is 5.75 Å². The molecule has 4 nitrogen and oxygen atoms in total. The number of rotatable bonds is 3. The Morgan fingerprint density at radius 2 is 2.10 bits per heavy atom. The molecule has 110 valence electrons. The lowest BCUT2D eigenvalue weighted by molar-refractivity contribution is 0.237. The monoisotopic (exact) mass is 304 g/mol. The van der Waals surface area contributed by atoms with E-state index in [0.29, 0.717) is 23.3 Å². The van der Waals surface area contributed by atoms with Crippen molar-refractivity contribution in [3.05, 3.63) is 53.8 Å². The summed E-state index contributed by atoms with van der Waals surface area (Å²) >= 11 is 5.91. The van der Waals surface area contributed by atoms with Gasteiger partial charge in [0.15, 0.2) is 5.76 Å². The minimum Gasteiger partial charge on any atom is -0.492 e. The Balaban J connectivity index is 2.02. The molecule has 1 aliphatic heterocycles. The largest absolute Gasteiger partial charge is 0.492 e.